The Bertz CT molecular complexity index is 764. The highest BCUT2D eigenvalue weighted by Crippen LogP contribution is 2.33. The zero-order chi connectivity index (χ0) is 14.8. The molecule has 2 aromatic carbocycles. The van der Waals surface area contributed by atoms with Crippen molar-refractivity contribution in [2.24, 2.45) is 5.73 Å². The van der Waals surface area contributed by atoms with Gasteiger partial charge in [0.25, 0.3) is 0 Å². The number of nitrogens with two attached hydrogens (primary N) is 1. The van der Waals surface area contributed by atoms with Gasteiger partial charge in [-0.15, -0.1) is 11.3 Å². The largest absolute Gasteiger partial charge is 0.487 e. The molecule has 0 aliphatic carbocycles. The monoisotopic (exact) mass is 298 g/mol. The quantitative estimate of drug-likeness (QED) is 0.785. The molecule has 0 bridgehead atoms. The molecule has 0 spiro atoms. The zero-order valence-corrected chi connectivity index (χ0v) is 13.0. The summed E-state index contributed by atoms with van der Waals surface area (Å²) in [6.07, 6.45) is 1.87. The molecule has 0 saturated carbocycles. The van der Waals surface area contributed by atoms with Crippen molar-refractivity contribution >= 4 is 22.1 Å². The number of rotatable bonds is 4. The molecule has 1 aromatic heterocycles. The molecule has 108 valence electrons. The molecular weight excluding hydrogens is 280 g/mol. The van der Waals surface area contributed by atoms with Crippen LogP contribution in [0.1, 0.15) is 28.4 Å². The molecule has 21 heavy (non-hydrogen) atoms. The average Bonchev–Trinajstić information content (AvgIpc) is 2.90. The van der Waals surface area contributed by atoms with Gasteiger partial charge < -0.3 is 10.5 Å². The molecule has 1 heterocycles. The summed E-state index contributed by atoms with van der Waals surface area (Å²) in [7, 11) is 0. The predicted octanol–water partition coefficient (Wildman–Crippen LogP) is 4.20. The van der Waals surface area contributed by atoms with Gasteiger partial charge in [-0.25, -0.2) is 4.98 Å². The van der Waals surface area contributed by atoms with Crippen LogP contribution in [0.4, 0.5) is 0 Å². The van der Waals surface area contributed by atoms with Gasteiger partial charge in [0.2, 0.25) is 0 Å². The molecule has 0 fully saturated rings. The van der Waals surface area contributed by atoms with Gasteiger partial charge in [0.15, 0.2) is 0 Å². The second kappa shape index (κ2) is 5.84. The van der Waals surface area contributed by atoms with E-state index in [1.54, 1.807) is 11.3 Å². The van der Waals surface area contributed by atoms with E-state index in [4.69, 9.17) is 10.5 Å². The van der Waals surface area contributed by atoms with Gasteiger partial charge in [0.1, 0.15) is 12.4 Å². The third kappa shape index (κ3) is 2.91. The second-order valence-corrected chi connectivity index (χ2v) is 6.45. The summed E-state index contributed by atoms with van der Waals surface area (Å²) in [4.78, 5) is 5.38. The number of ether oxygens (including phenoxy) is 1. The molecule has 0 unspecified atom stereocenters. The third-order valence-electron chi connectivity index (χ3n) is 3.43. The van der Waals surface area contributed by atoms with Crippen molar-refractivity contribution in [3.05, 3.63) is 58.0 Å². The van der Waals surface area contributed by atoms with Crippen LogP contribution in [0.25, 0.3) is 10.8 Å². The fraction of sp³-hybridized carbons (Fsp3) is 0.235. The summed E-state index contributed by atoms with van der Waals surface area (Å²) in [6.45, 7) is 4.51. The first-order valence-electron chi connectivity index (χ1n) is 6.96. The number of benzene rings is 2. The van der Waals surface area contributed by atoms with Crippen molar-refractivity contribution in [3.63, 3.8) is 0 Å². The lowest BCUT2D eigenvalue weighted by molar-refractivity contribution is 0.308. The Morgan fingerprint density at radius 3 is 2.76 bits per heavy atom. The number of thiazole rings is 1. The molecule has 0 aliphatic heterocycles. The van der Waals surface area contributed by atoms with E-state index in [0.29, 0.717) is 6.61 Å². The van der Waals surface area contributed by atoms with Gasteiger partial charge in [-0.05, 0) is 19.2 Å². The van der Waals surface area contributed by atoms with E-state index in [9.17, 15) is 0 Å². The van der Waals surface area contributed by atoms with E-state index in [-0.39, 0.29) is 6.04 Å². The van der Waals surface area contributed by atoms with Crippen molar-refractivity contribution in [3.8, 4) is 5.75 Å². The van der Waals surface area contributed by atoms with Crippen LogP contribution >= 0.6 is 11.3 Å². The number of nitrogens with zero attached hydrogens (tertiary/aromatic N) is 1. The predicted molar refractivity (Wildman–Crippen MR) is 87.7 cm³/mol. The minimum absolute atomic E-state index is 0.0622. The Labute approximate surface area is 128 Å². The molecular formula is C17H18N2OS. The lowest BCUT2D eigenvalue weighted by Crippen LogP contribution is -2.08. The standard InChI is InChI=1S/C17H18N2OS/c1-11(18)15-8-7-13-5-3-4-6-16(13)17(15)20-10-14-9-19-12(2)21-14/h3-9,11H,10,18H2,1-2H3/t11-/m0/s1. The minimum atomic E-state index is -0.0622. The van der Waals surface area contributed by atoms with Crippen LogP contribution in [0.5, 0.6) is 5.75 Å². The van der Waals surface area contributed by atoms with Gasteiger partial charge in [-0.3, -0.25) is 0 Å². The fourth-order valence-corrected chi connectivity index (χ4v) is 3.10. The molecule has 4 heteroatoms. The maximum atomic E-state index is 6.10. The minimum Gasteiger partial charge on any atom is -0.487 e. The van der Waals surface area contributed by atoms with Crippen LogP contribution in [-0.2, 0) is 6.61 Å². The Kier molecular flexibility index (Phi) is 3.90. The van der Waals surface area contributed by atoms with Crippen molar-refractivity contribution in [1.29, 1.82) is 0 Å². The van der Waals surface area contributed by atoms with E-state index >= 15 is 0 Å². The molecule has 3 nitrogen and oxygen atoms in total. The number of hydrogen-bond donors (Lipinski definition) is 1. The summed E-state index contributed by atoms with van der Waals surface area (Å²) in [5, 5.41) is 3.32. The number of aryl methyl sites for hydroxylation is 1. The van der Waals surface area contributed by atoms with Crippen LogP contribution in [0.2, 0.25) is 0 Å². The highest BCUT2D eigenvalue weighted by Gasteiger charge is 2.12. The lowest BCUT2D eigenvalue weighted by atomic mass is 10.0. The van der Waals surface area contributed by atoms with Gasteiger partial charge >= 0.3 is 0 Å². The van der Waals surface area contributed by atoms with Crippen LogP contribution in [0.3, 0.4) is 0 Å². The van der Waals surface area contributed by atoms with Gasteiger partial charge in [0, 0.05) is 23.2 Å². The Morgan fingerprint density at radius 1 is 1.24 bits per heavy atom. The summed E-state index contributed by atoms with van der Waals surface area (Å²) in [6, 6.07) is 12.3. The molecule has 3 rings (SSSR count). The van der Waals surface area contributed by atoms with E-state index in [1.807, 2.05) is 32.2 Å². The van der Waals surface area contributed by atoms with Gasteiger partial charge in [0.05, 0.1) is 9.88 Å². The zero-order valence-electron chi connectivity index (χ0n) is 12.2. The first-order chi connectivity index (χ1) is 10.1. The third-order valence-corrected chi connectivity index (χ3v) is 4.31. The van der Waals surface area contributed by atoms with E-state index in [0.717, 1.165) is 32.0 Å². The summed E-state index contributed by atoms with van der Waals surface area (Å²) in [5.74, 6) is 0.883. The van der Waals surface area contributed by atoms with Crippen molar-refractivity contribution in [2.75, 3.05) is 0 Å². The maximum absolute atomic E-state index is 6.10. The number of fused-ring (bicyclic) bond motifs is 1. The van der Waals surface area contributed by atoms with Crippen LogP contribution in [0, 0.1) is 6.92 Å². The SMILES string of the molecule is Cc1ncc(COc2c([C@H](C)N)ccc3ccccc23)s1. The average molecular weight is 298 g/mol. The topological polar surface area (TPSA) is 48.1 Å². The first-order valence-corrected chi connectivity index (χ1v) is 7.78. The summed E-state index contributed by atoms with van der Waals surface area (Å²) < 4.78 is 6.10. The van der Waals surface area contributed by atoms with Gasteiger partial charge in [-0.2, -0.15) is 0 Å². The molecule has 0 radical (unpaired) electrons. The number of hydrogen-bond acceptors (Lipinski definition) is 4. The van der Waals surface area contributed by atoms with Gasteiger partial charge in [-0.1, -0.05) is 36.4 Å². The Hall–Kier alpha value is -1.91. The highest BCUT2D eigenvalue weighted by atomic mass is 32.1. The molecule has 3 aromatic rings. The molecule has 0 saturated heterocycles. The smallest absolute Gasteiger partial charge is 0.132 e. The molecule has 2 N–H and O–H groups in total. The summed E-state index contributed by atoms with van der Waals surface area (Å²) in [5.41, 5.74) is 7.13. The van der Waals surface area contributed by atoms with Crippen LogP contribution in [-0.4, -0.2) is 4.98 Å². The van der Waals surface area contributed by atoms with Crippen LogP contribution < -0.4 is 10.5 Å². The molecule has 1 atom stereocenters. The first kappa shape index (κ1) is 14.0. The highest BCUT2D eigenvalue weighted by molar-refractivity contribution is 7.11. The van der Waals surface area contributed by atoms with Crippen molar-refractivity contribution < 1.29 is 4.74 Å². The Morgan fingerprint density at radius 2 is 2.05 bits per heavy atom. The van der Waals surface area contributed by atoms with E-state index in [2.05, 4.69) is 29.2 Å². The molecule has 0 aliphatic rings. The fourth-order valence-electron chi connectivity index (χ4n) is 2.39. The van der Waals surface area contributed by atoms with E-state index in [1.165, 1.54) is 0 Å². The normalized spacial score (nSPS) is 12.5. The van der Waals surface area contributed by atoms with E-state index < -0.39 is 0 Å². The number of aromatic nitrogens is 1. The van der Waals surface area contributed by atoms with Crippen molar-refractivity contribution in [2.45, 2.75) is 26.5 Å². The molecule has 0 amide bonds. The summed E-state index contributed by atoms with van der Waals surface area (Å²) >= 11 is 1.66. The Balaban J connectivity index is 1.99. The lowest BCUT2D eigenvalue weighted by Gasteiger charge is -2.16. The second-order valence-electron chi connectivity index (χ2n) is 5.13. The van der Waals surface area contributed by atoms with Crippen LogP contribution in [0.15, 0.2) is 42.6 Å². The van der Waals surface area contributed by atoms with Crippen molar-refractivity contribution in [1.82, 2.24) is 4.98 Å². The maximum Gasteiger partial charge on any atom is 0.132 e.